The number of nitrogens with zero attached hydrogens (tertiary/aromatic N) is 3. The highest BCUT2D eigenvalue weighted by atomic mass is 35.5. The van der Waals surface area contributed by atoms with E-state index in [1.807, 2.05) is 24.3 Å². The third-order valence-corrected chi connectivity index (χ3v) is 3.52. The van der Waals surface area contributed by atoms with Gasteiger partial charge in [0, 0.05) is 52.4 Å². The fraction of sp³-hybridized carbons (Fsp3) is 0.533. The lowest BCUT2D eigenvalue weighted by Crippen LogP contribution is -2.43. The summed E-state index contributed by atoms with van der Waals surface area (Å²) in [6.45, 7) is 5.09. The Morgan fingerprint density at radius 3 is 2.43 bits per heavy atom. The fourth-order valence-electron chi connectivity index (χ4n) is 2.17. The van der Waals surface area contributed by atoms with E-state index in [1.165, 1.54) is 4.90 Å². The van der Waals surface area contributed by atoms with E-state index in [-0.39, 0.29) is 18.5 Å². The summed E-state index contributed by atoms with van der Waals surface area (Å²) in [4.78, 5) is 17.8. The molecule has 1 heterocycles. The Morgan fingerprint density at radius 2 is 1.81 bits per heavy atom. The van der Waals surface area contributed by atoms with E-state index in [4.69, 9.17) is 4.74 Å². The predicted octanol–water partition coefficient (Wildman–Crippen LogP) is 1.92. The quantitative estimate of drug-likeness (QED) is 0.854. The number of carbonyl (C=O) groups is 1. The van der Waals surface area contributed by atoms with Gasteiger partial charge in [0.15, 0.2) is 0 Å². The first-order chi connectivity index (χ1) is 9.56. The molecular weight excluding hydrogens is 290 g/mol. The van der Waals surface area contributed by atoms with Gasteiger partial charge in [-0.2, -0.15) is 0 Å². The monoisotopic (exact) mass is 313 g/mol. The van der Waals surface area contributed by atoms with E-state index < -0.39 is 0 Å². The van der Waals surface area contributed by atoms with Crippen molar-refractivity contribution in [2.75, 3.05) is 47.3 Å². The number of benzene rings is 1. The van der Waals surface area contributed by atoms with Crippen LogP contribution in [-0.2, 0) is 6.54 Å². The summed E-state index contributed by atoms with van der Waals surface area (Å²) in [7, 11) is 5.51. The SMILES string of the molecule is CN1CCN(Cc2ccccc2OC(=O)N(C)C)CC1.Cl. The van der Waals surface area contributed by atoms with Crippen LogP contribution in [0.25, 0.3) is 0 Å². The summed E-state index contributed by atoms with van der Waals surface area (Å²) < 4.78 is 5.42. The molecule has 1 aliphatic heterocycles. The number of halogens is 1. The van der Waals surface area contributed by atoms with Crippen LogP contribution >= 0.6 is 12.4 Å². The second-order valence-electron chi connectivity index (χ2n) is 5.45. The Balaban J connectivity index is 0.00000220. The van der Waals surface area contributed by atoms with Crippen LogP contribution in [0.4, 0.5) is 4.79 Å². The molecule has 118 valence electrons. The summed E-state index contributed by atoms with van der Waals surface area (Å²) >= 11 is 0. The van der Waals surface area contributed by atoms with Crippen molar-refractivity contribution in [2.24, 2.45) is 0 Å². The number of para-hydroxylation sites is 1. The van der Waals surface area contributed by atoms with Gasteiger partial charge in [0.05, 0.1) is 0 Å². The van der Waals surface area contributed by atoms with Gasteiger partial charge >= 0.3 is 6.09 Å². The minimum atomic E-state index is -0.337. The molecule has 21 heavy (non-hydrogen) atoms. The van der Waals surface area contributed by atoms with Crippen LogP contribution in [0.1, 0.15) is 5.56 Å². The average Bonchev–Trinajstić information content (AvgIpc) is 2.43. The second-order valence-corrected chi connectivity index (χ2v) is 5.45. The van der Waals surface area contributed by atoms with Crippen LogP contribution in [-0.4, -0.2) is 68.1 Å². The maximum absolute atomic E-state index is 11.7. The minimum absolute atomic E-state index is 0. The van der Waals surface area contributed by atoms with Gasteiger partial charge in [-0.25, -0.2) is 4.79 Å². The molecule has 1 amide bonds. The highest BCUT2D eigenvalue weighted by molar-refractivity contribution is 5.85. The highest BCUT2D eigenvalue weighted by Gasteiger charge is 2.17. The number of piperazine rings is 1. The first kappa shape index (κ1) is 17.8. The first-order valence-corrected chi connectivity index (χ1v) is 6.94. The molecule has 0 N–H and O–H groups in total. The zero-order chi connectivity index (χ0) is 14.5. The lowest BCUT2D eigenvalue weighted by Gasteiger charge is -2.32. The third kappa shape index (κ3) is 5.19. The molecule has 0 aliphatic carbocycles. The number of hydrogen-bond donors (Lipinski definition) is 0. The van der Waals surface area contributed by atoms with Gasteiger partial charge in [-0.3, -0.25) is 4.90 Å². The van der Waals surface area contributed by atoms with Crippen molar-refractivity contribution < 1.29 is 9.53 Å². The van der Waals surface area contributed by atoms with Crippen LogP contribution in [0, 0.1) is 0 Å². The molecule has 2 rings (SSSR count). The number of carbonyl (C=O) groups excluding carboxylic acids is 1. The summed E-state index contributed by atoms with van der Waals surface area (Å²) in [5.41, 5.74) is 1.06. The zero-order valence-corrected chi connectivity index (χ0v) is 13.7. The van der Waals surface area contributed by atoms with Gasteiger partial charge in [0.2, 0.25) is 0 Å². The molecule has 0 spiro atoms. The van der Waals surface area contributed by atoms with Gasteiger partial charge in [0.25, 0.3) is 0 Å². The number of hydrogen-bond acceptors (Lipinski definition) is 4. The molecule has 5 nitrogen and oxygen atoms in total. The van der Waals surface area contributed by atoms with Gasteiger partial charge < -0.3 is 14.5 Å². The van der Waals surface area contributed by atoms with E-state index in [1.54, 1.807) is 14.1 Å². The molecular formula is C15H24ClN3O2. The number of likely N-dealkylation sites (N-methyl/N-ethyl adjacent to an activating group) is 1. The van der Waals surface area contributed by atoms with Crippen LogP contribution < -0.4 is 4.74 Å². The number of rotatable bonds is 3. The lowest BCUT2D eigenvalue weighted by atomic mass is 10.1. The highest BCUT2D eigenvalue weighted by Crippen LogP contribution is 2.21. The van der Waals surface area contributed by atoms with Crippen molar-refractivity contribution in [3.63, 3.8) is 0 Å². The lowest BCUT2D eigenvalue weighted by molar-refractivity contribution is 0.145. The van der Waals surface area contributed by atoms with E-state index in [0.29, 0.717) is 5.75 Å². The van der Waals surface area contributed by atoms with Gasteiger partial charge in [0.1, 0.15) is 5.75 Å². The maximum Gasteiger partial charge on any atom is 0.414 e. The smallest absolute Gasteiger partial charge is 0.410 e. The Kier molecular flexibility index (Phi) is 6.95. The summed E-state index contributed by atoms with van der Waals surface area (Å²) in [5, 5.41) is 0. The first-order valence-electron chi connectivity index (χ1n) is 6.94. The molecule has 0 bridgehead atoms. The Labute approximate surface area is 132 Å². The molecule has 6 heteroatoms. The Hall–Kier alpha value is -1.30. The van der Waals surface area contributed by atoms with E-state index in [2.05, 4.69) is 16.8 Å². The molecule has 0 saturated carbocycles. The van der Waals surface area contributed by atoms with Crippen molar-refractivity contribution in [1.29, 1.82) is 0 Å². The van der Waals surface area contributed by atoms with Gasteiger partial charge in [-0.1, -0.05) is 18.2 Å². The third-order valence-electron chi connectivity index (χ3n) is 3.52. The van der Waals surface area contributed by atoms with E-state index >= 15 is 0 Å². The van der Waals surface area contributed by atoms with E-state index in [9.17, 15) is 4.79 Å². The van der Waals surface area contributed by atoms with Crippen molar-refractivity contribution >= 4 is 18.5 Å². The van der Waals surface area contributed by atoms with Crippen LogP contribution in [0.5, 0.6) is 5.75 Å². The van der Waals surface area contributed by atoms with E-state index in [0.717, 1.165) is 38.3 Å². The van der Waals surface area contributed by atoms with Crippen LogP contribution in [0.3, 0.4) is 0 Å². The molecule has 1 aromatic rings. The fourth-order valence-corrected chi connectivity index (χ4v) is 2.17. The Bertz CT molecular complexity index is 460. The summed E-state index contributed by atoms with van der Waals surface area (Å²) in [5.74, 6) is 0.658. The largest absolute Gasteiger partial charge is 0.414 e. The molecule has 1 fully saturated rings. The predicted molar refractivity (Wildman–Crippen MR) is 86.2 cm³/mol. The average molecular weight is 314 g/mol. The summed E-state index contributed by atoms with van der Waals surface area (Å²) in [6, 6.07) is 7.76. The number of ether oxygens (including phenoxy) is 1. The van der Waals surface area contributed by atoms with Gasteiger partial charge in [-0.15, -0.1) is 12.4 Å². The van der Waals surface area contributed by atoms with Crippen molar-refractivity contribution in [1.82, 2.24) is 14.7 Å². The number of amides is 1. The molecule has 1 saturated heterocycles. The van der Waals surface area contributed by atoms with Crippen LogP contribution in [0.15, 0.2) is 24.3 Å². The topological polar surface area (TPSA) is 36.0 Å². The van der Waals surface area contributed by atoms with Crippen LogP contribution in [0.2, 0.25) is 0 Å². The molecule has 1 aliphatic rings. The molecule has 0 aromatic heterocycles. The molecule has 1 aromatic carbocycles. The zero-order valence-electron chi connectivity index (χ0n) is 12.9. The van der Waals surface area contributed by atoms with Crippen molar-refractivity contribution in [2.45, 2.75) is 6.54 Å². The molecule has 0 atom stereocenters. The minimum Gasteiger partial charge on any atom is -0.410 e. The normalized spacial score (nSPS) is 16.1. The maximum atomic E-state index is 11.7. The standard InChI is InChI=1S/C15H23N3O2.ClH/c1-16(2)15(19)20-14-7-5-4-6-13(14)12-18-10-8-17(3)9-11-18;/h4-7H,8-12H2,1-3H3;1H. The van der Waals surface area contributed by atoms with Crippen molar-refractivity contribution in [3.05, 3.63) is 29.8 Å². The summed E-state index contributed by atoms with van der Waals surface area (Å²) in [6.07, 6.45) is -0.337. The van der Waals surface area contributed by atoms with Gasteiger partial charge in [-0.05, 0) is 13.1 Å². The van der Waals surface area contributed by atoms with Crippen molar-refractivity contribution in [3.8, 4) is 5.75 Å². The second kappa shape index (κ2) is 8.22. The molecule has 0 unspecified atom stereocenters. The Morgan fingerprint density at radius 1 is 1.19 bits per heavy atom. The molecule has 0 radical (unpaired) electrons.